The van der Waals surface area contributed by atoms with Crippen LogP contribution in [0, 0.1) is 0 Å². The topological polar surface area (TPSA) is 68.2 Å². The van der Waals surface area contributed by atoms with Crippen LogP contribution in [0.5, 0.6) is 5.75 Å². The van der Waals surface area contributed by atoms with Gasteiger partial charge in [0.15, 0.2) is 0 Å². The van der Waals surface area contributed by atoms with E-state index < -0.39 is 0 Å². The Bertz CT molecular complexity index is 832. The van der Waals surface area contributed by atoms with Crippen LogP contribution in [0.2, 0.25) is 0 Å². The highest BCUT2D eigenvalue weighted by atomic mass is 16.5. The van der Waals surface area contributed by atoms with Crippen molar-refractivity contribution in [3.63, 3.8) is 0 Å². The lowest BCUT2D eigenvalue weighted by atomic mass is 10.1. The molecular formula is C22H32N6O2. The van der Waals surface area contributed by atoms with Crippen molar-refractivity contribution in [2.75, 3.05) is 89.5 Å². The molecule has 2 fully saturated rings. The van der Waals surface area contributed by atoms with Crippen LogP contribution in [0.25, 0.3) is 11.3 Å². The summed E-state index contributed by atoms with van der Waals surface area (Å²) in [5, 5.41) is 9.94. The summed E-state index contributed by atoms with van der Waals surface area (Å²) in [5.41, 5.74) is 1.74. The van der Waals surface area contributed by atoms with E-state index in [1.54, 1.807) is 12.1 Å². The molecule has 0 spiro atoms. The Morgan fingerprint density at radius 2 is 1.73 bits per heavy atom. The fourth-order valence-electron chi connectivity index (χ4n) is 3.84. The zero-order valence-electron chi connectivity index (χ0n) is 18.0. The molecule has 1 N–H and O–H groups in total. The molecule has 0 radical (unpaired) electrons. The molecule has 2 aromatic rings. The molecule has 1 aromatic carbocycles. The number of piperazine rings is 1. The number of phenols is 1. The van der Waals surface area contributed by atoms with Crippen molar-refractivity contribution < 1.29 is 9.84 Å². The molecule has 3 heterocycles. The van der Waals surface area contributed by atoms with Gasteiger partial charge in [-0.3, -0.25) is 4.90 Å². The van der Waals surface area contributed by atoms with Crippen LogP contribution >= 0.6 is 0 Å². The highest BCUT2D eigenvalue weighted by Gasteiger charge is 2.22. The Balaban J connectivity index is 1.56. The average Bonchev–Trinajstić information content (AvgIpc) is 2.78. The van der Waals surface area contributed by atoms with E-state index in [0.717, 1.165) is 75.4 Å². The van der Waals surface area contributed by atoms with Gasteiger partial charge < -0.3 is 24.5 Å². The van der Waals surface area contributed by atoms with Crippen molar-refractivity contribution >= 4 is 11.8 Å². The molecule has 0 unspecified atom stereocenters. The zero-order valence-corrected chi connectivity index (χ0v) is 18.0. The summed E-state index contributed by atoms with van der Waals surface area (Å²) < 4.78 is 5.50. The molecule has 8 nitrogen and oxygen atoms in total. The normalized spacial score (nSPS) is 18.2. The third-order valence-electron chi connectivity index (χ3n) is 5.70. The van der Waals surface area contributed by atoms with E-state index >= 15 is 0 Å². The van der Waals surface area contributed by atoms with E-state index in [9.17, 15) is 5.11 Å². The molecule has 8 heteroatoms. The minimum Gasteiger partial charge on any atom is -0.508 e. The summed E-state index contributed by atoms with van der Waals surface area (Å²) in [7, 11) is 4.24. The summed E-state index contributed by atoms with van der Waals surface area (Å²) in [4.78, 5) is 19.0. The van der Waals surface area contributed by atoms with Gasteiger partial charge in [0.05, 0.1) is 18.9 Å². The first-order chi connectivity index (χ1) is 14.6. The van der Waals surface area contributed by atoms with Crippen LogP contribution in [0.3, 0.4) is 0 Å². The molecule has 4 rings (SSSR count). The number of ether oxygens (including phenoxy) is 1. The van der Waals surface area contributed by atoms with Crippen molar-refractivity contribution in [1.82, 2.24) is 19.8 Å². The summed E-state index contributed by atoms with van der Waals surface area (Å²) >= 11 is 0. The van der Waals surface area contributed by atoms with Gasteiger partial charge in [0.25, 0.3) is 0 Å². The van der Waals surface area contributed by atoms with Crippen LogP contribution in [0.4, 0.5) is 11.8 Å². The third-order valence-corrected chi connectivity index (χ3v) is 5.70. The monoisotopic (exact) mass is 412 g/mol. The Labute approximate surface area is 178 Å². The lowest BCUT2D eigenvalue weighted by molar-refractivity contribution is 0.122. The minimum absolute atomic E-state index is 0.245. The Kier molecular flexibility index (Phi) is 6.66. The second kappa shape index (κ2) is 9.59. The number of phenolic OH excluding ortho intramolecular Hbond substituents is 1. The summed E-state index contributed by atoms with van der Waals surface area (Å²) in [6.45, 7) is 9.12. The molecular weight excluding hydrogens is 380 g/mol. The van der Waals surface area contributed by atoms with E-state index in [4.69, 9.17) is 14.7 Å². The van der Waals surface area contributed by atoms with Crippen LogP contribution in [-0.2, 0) is 4.74 Å². The van der Waals surface area contributed by atoms with Crippen molar-refractivity contribution in [3.05, 3.63) is 30.3 Å². The maximum absolute atomic E-state index is 9.94. The molecule has 0 amide bonds. The van der Waals surface area contributed by atoms with E-state index in [1.807, 2.05) is 18.2 Å². The number of nitrogens with zero attached hydrogens (tertiary/aromatic N) is 6. The van der Waals surface area contributed by atoms with Gasteiger partial charge in [-0.1, -0.05) is 12.1 Å². The number of hydrogen-bond donors (Lipinski definition) is 1. The molecule has 30 heavy (non-hydrogen) atoms. The molecule has 2 aliphatic rings. The molecule has 0 saturated carbocycles. The van der Waals surface area contributed by atoms with Crippen molar-refractivity contribution in [3.8, 4) is 17.0 Å². The van der Waals surface area contributed by atoms with E-state index in [-0.39, 0.29) is 5.75 Å². The van der Waals surface area contributed by atoms with Crippen LogP contribution in [0.15, 0.2) is 30.3 Å². The number of anilines is 2. The minimum atomic E-state index is 0.245. The van der Waals surface area contributed by atoms with Gasteiger partial charge in [-0.25, -0.2) is 4.98 Å². The first-order valence-corrected chi connectivity index (χ1v) is 10.7. The Hall–Kier alpha value is -2.42. The number of likely N-dealkylation sites (N-methyl/N-ethyl adjacent to an activating group) is 1. The quantitative estimate of drug-likeness (QED) is 0.763. The number of rotatable bonds is 6. The van der Waals surface area contributed by atoms with E-state index in [2.05, 4.69) is 33.7 Å². The number of aromatic nitrogens is 2. The second-order valence-corrected chi connectivity index (χ2v) is 8.19. The predicted octanol–water partition coefficient (Wildman–Crippen LogP) is 1.37. The number of morpholine rings is 1. The second-order valence-electron chi connectivity index (χ2n) is 8.19. The fraction of sp³-hybridized carbons (Fsp3) is 0.545. The smallest absolute Gasteiger partial charge is 0.228 e. The summed E-state index contributed by atoms with van der Waals surface area (Å²) in [6, 6.07) is 9.32. The first-order valence-electron chi connectivity index (χ1n) is 10.7. The molecule has 162 valence electrons. The van der Waals surface area contributed by atoms with Crippen LogP contribution in [0.1, 0.15) is 0 Å². The van der Waals surface area contributed by atoms with Crippen molar-refractivity contribution in [2.24, 2.45) is 0 Å². The maximum atomic E-state index is 9.94. The molecule has 0 aliphatic carbocycles. The highest BCUT2D eigenvalue weighted by Crippen LogP contribution is 2.28. The lowest BCUT2D eigenvalue weighted by Crippen LogP contribution is -2.48. The van der Waals surface area contributed by atoms with Gasteiger partial charge in [-0.05, 0) is 26.2 Å². The SMILES string of the molecule is CN(C)CCN1CCN(c2cc(-c3cccc(O)c3)nc(N3CCOCC3)n2)CC1. The Morgan fingerprint density at radius 1 is 0.967 bits per heavy atom. The Morgan fingerprint density at radius 3 is 2.43 bits per heavy atom. The van der Waals surface area contributed by atoms with E-state index in [0.29, 0.717) is 13.2 Å². The van der Waals surface area contributed by atoms with Crippen LogP contribution < -0.4 is 9.80 Å². The van der Waals surface area contributed by atoms with Crippen molar-refractivity contribution in [2.45, 2.75) is 0 Å². The summed E-state index contributed by atoms with van der Waals surface area (Å²) in [5.74, 6) is 1.94. The lowest BCUT2D eigenvalue weighted by Gasteiger charge is -2.36. The molecule has 0 atom stereocenters. The van der Waals surface area contributed by atoms with Gasteiger partial charge >= 0.3 is 0 Å². The fourth-order valence-corrected chi connectivity index (χ4v) is 3.84. The van der Waals surface area contributed by atoms with E-state index in [1.165, 1.54) is 0 Å². The van der Waals surface area contributed by atoms with Gasteiger partial charge in [0.2, 0.25) is 5.95 Å². The average molecular weight is 413 g/mol. The van der Waals surface area contributed by atoms with Gasteiger partial charge in [-0.15, -0.1) is 0 Å². The first kappa shape index (κ1) is 20.8. The van der Waals surface area contributed by atoms with Gasteiger partial charge in [-0.2, -0.15) is 4.98 Å². The largest absolute Gasteiger partial charge is 0.508 e. The standard InChI is InChI=1S/C22H32N6O2/c1-25(2)6-7-26-8-10-27(11-9-26)21-17-20(18-4-3-5-19(29)16-18)23-22(24-21)28-12-14-30-15-13-28/h3-5,16-17,29H,6-15H2,1-2H3. The third kappa shape index (κ3) is 5.19. The predicted molar refractivity (Wildman–Crippen MR) is 119 cm³/mol. The number of benzene rings is 1. The molecule has 0 bridgehead atoms. The zero-order chi connectivity index (χ0) is 20.9. The summed E-state index contributed by atoms with van der Waals surface area (Å²) in [6.07, 6.45) is 0. The van der Waals surface area contributed by atoms with Crippen LogP contribution in [-0.4, -0.2) is 105 Å². The van der Waals surface area contributed by atoms with Gasteiger partial charge in [0.1, 0.15) is 11.6 Å². The van der Waals surface area contributed by atoms with Gasteiger partial charge in [0, 0.05) is 64.0 Å². The van der Waals surface area contributed by atoms with Crippen molar-refractivity contribution in [1.29, 1.82) is 0 Å². The maximum Gasteiger partial charge on any atom is 0.228 e. The number of aromatic hydroxyl groups is 1. The number of hydrogen-bond acceptors (Lipinski definition) is 8. The molecule has 2 saturated heterocycles. The highest BCUT2D eigenvalue weighted by molar-refractivity contribution is 5.66. The molecule has 1 aromatic heterocycles. The molecule has 2 aliphatic heterocycles.